The molecule has 1 aromatic heterocycles. The van der Waals surface area contributed by atoms with Gasteiger partial charge in [-0.3, -0.25) is 14.7 Å². The lowest BCUT2D eigenvalue weighted by Crippen LogP contribution is -2.68. The van der Waals surface area contributed by atoms with E-state index in [0.717, 1.165) is 24.3 Å². The van der Waals surface area contributed by atoms with E-state index in [1.165, 1.54) is 30.4 Å². The molecule has 2 aromatic rings. The molecule has 1 spiro atoms. The average Bonchev–Trinajstić information content (AvgIpc) is 3.06. The van der Waals surface area contributed by atoms with Crippen LogP contribution in [0.1, 0.15) is 56.0 Å². The number of fused-ring (bicyclic) bond motifs is 1. The number of nitrogens with zero attached hydrogens (tertiary/aromatic N) is 3. The minimum absolute atomic E-state index is 0.0398. The molecule has 2 fully saturated rings. The van der Waals surface area contributed by atoms with Crippen LogP contribution in [-0.2, 0) is 16.6 Å². The summed E-state index contributed by atoms with van der Waals surface area (Å²) < 4.78 is 42.6. The molecule has 2 aliphatic carbocycles. The number of alkyl halides is 3. The van der Waals surface area contributed by atoms with E-state index in [0.29, 0.717) is 25.1 Å². The topological polar surface area (TPSA) is 68.7 Å². The second-order valence-corrected chi connectivity index (χ2v) is 11.4. The van der Waals surface area contributed by atoms with E-state index in [4.69, 9.17) is 0 Å². The second kappa shape index (κ2) is 9.27. The molecule has 1 unspecified atom stereocenters. The highest BCUT2D eigenvalue weighted by Gasteiger charge is 2.57. The van der Waals surface area contributed by atoms with Crippen molar-refractivity contribution in [1.82, 2.24) is 14.8 Å². The first-order valence-corrected chi connectivity index (χ1v) is 13.0. The first-order valence-electron chi connectivity index (χ1n) is 13.0. The molecule has 1 aromatic carbocycles. The molecule has 2 N–H and O–H groups in total. The van der Waals surface area contributed by atoms with Gasteiger partial charge in [0.2, 0.25) is 5.91 Å². The summed E-state index contributed by atoms with van der Waals surface area (Å²) in [7, 11) is 1.23. The first-order chi connectivity index (χ1) is 17.5. The zero-order valence-corrected chi connectivity index (χ0v) is 21.6. The van der Waals surface area contributed by atoms with Crippen molar-refractivity contribution in [2.24, 2.45) is 5.92 Å². The van der Waals surface area contributed by atoms with Gasteiger partial charge in [-0.05, 0) is 48.9 Å². The zero-order valence-electron chi connectivity index (χ0n) is 21.6. The van der Waals surface area contributed by atoms with Gasteiger partial charge in [-0.25, -0.2) is 0 Å². The van der Waals surface area contributed by atoms with Crippen molar-refractivity contribution in [3.8, 4) is 0 Å². The van der Waals surface area contributed by atoms with E-state index in [-0.39, 0.29) is 29.3 Å². The van der Waals surface area contributed by atoms with Crippen LogP contribution < -0.4 is 5.32 Å². The lowest BCUT2D eigenvalue weighted by molar-refractivity contribution is -0.197. The maximum Gasteiger partial charge on any atom is 0.414 e. The summed E-state index contributed by atoms with van der Waals surface area (Å²) in [5, 5.41) is 12.7. The number of hydrogen-bond donors (Lipinski definition) is 2. The predicted octanol–water partition coefficient (Wildman–Crippen LogP) is 4.30. The first kappa shape index (κ1) is 26.0. The molecule has 0 radical (unpaired) electrons. The number of anilines is 1. The average molecular weight is 517 g/mol. The Morgan fingerprint density at radius 2 is 1.97 bits per heavy atom. The minimum atomic E-state index is -4.65. The molecule has 1 saturated heterocycles. The van der Waals surface area contributed by atoms with Crippen LogP contribution in [0.2, 0.25) is 0 Å². The Kier molecular flexibility index (Phi) is 6.51. The Hall–Kier alpha value is -2.65. The Bertz CT molecular complexity index is 1140. The largest absolute Gasteiger partial charge is 0.414 e. The van der Waals surface area contributed by atoms with Crippen molar-refractivity contribution >= 4 is 11.6 Å². The summed E-state index contributed by atoms with van der Waals surface area (Å²) in [6, 6.07) is 9.25. The molecule has 37 heavy (non-hydrogen) atoms. The lowest BCUT2D eigenvalue weighted by atomic mass is 9.61. The molecule has 6 nitrogen and oxygen atoms in total. The third-order valence-corrected chi connectivity index (χ3v) is 8.95. The number of hydrogen-bond acceptors (Lipinski definition) is 5. The zero-order chi connectivity index (χ0) is 26.6. The molecular weight excluding hydrogens is 481 g/mol. The Morgan fingerprint density at radius 3 is 2.54 bits per heavy atom. The number of aromatic nitrogens is 1. The van der Waals surface area contributed by atoms with Crippen molar-refractivity contribution in [1.29, 1.82) is 0 Å². The standard InChI is InChI=1S/C28H35F3N4O2/c1-26(2)21-7-5-4-6-18(21)14-23(26)33-20-8-9-22(32-17-20)24(28(29,30)31)34(3)25(37)19-15-27(16-19)10-11-35(27)12-13-36/h4-9,17,19,23-24,33,36H,10-16H2,1-3H3/t19?,23?,24-,27?/m0/s1. The minimum Gasteiger partial charge on any atom is -0.395 e. The number of rotatable bonds is 7. The van der Waals surface area contributed by atoms with Gasteiger partial charge >= 0.3 is 6.18 Å². The Labute approximate surface area is 215 Å². The van der Waals surface area contributed by atoms with Gasteiger partial charge in [0.05, 0.1) is 24.2 Å². The van der Waals surface area contributed by atoms with Crippen molar-refractivity contribution in [3.05, 3.63) is 59.4 Å². The lowest BCUT2D eigenvalue weighted by Gasteiger charge is -2.61. The van der Waals surface area contributed by atoms with Crippen molar-refractivity contribution in [2.45, 2.75) is 68.7 Å². The van der Waals surface area contributed by atoms with Crippen LogP contribution in [-0.4, -0.2) is 70.3 Å². The molecule has 1 aliphatic heterocycles. The second-order valence-electron chi connectivity index (χ2n) is 11.4. The third kappa shape index (κ3) is 4.50. The number of pyridine rings is 1. The summed E-state index contributed by atoms with van der Waals surface area (Å²) in [6.07, 6.45) is -0.394. The number of aliphatic hydroxyl groups is 1. The number of halogens is 3. The van der Waals surface area contributed by atoms with Crippen LogP contribution in [0, 0.1) is 5.92 Å². The molecule has 2 atom stereocenters. The summed E-state index contributed by atoms with van der Waals surface area (Å²) in [6.45, 7) is 5.76. The molecule has 1 saturated carbocycles. The molecule has 3 aliphatic rings. The number of likely N-dealkylation sites (tertiary alicyclic amines) is 1. The van der Waals surface area contributed by atoms with E-state index < -0.39 is 24.0 Å². The van der Waals surface area contributed by atoms with Gasteiger partial charge < -0.3 is 15.3 Å². The number of amides is 1. The van der Waals surface area contributed by atoms with Gasteiger partial charge in [0.15, 0.2) is 6.04 Å². The highest BCUT2D eigenvalue weighted by atomic mass is 19.4. The summed E-state index contributed by atoms with van der Waals surface area (Å²) in [5.41, 5.74) is 2.74. The van der Waals surface area contributed by atoms with E-state index >= 15 is 0 Å². The van der Waals surface area contributed by atoms with Crippen LogP contribution in [0.5, 0.6) is 0 Å². The number of benzene rings is 1. The number of carbonyl (C=O) groups excluding carboxylic acids is 1. The summed E-state index contributed by atoms with van der Waals surface area (Å²) in [4.78, 5) is 20.2. The van der Waals surface area contributed by atoms with Crippen LogP contribution in [0.15, 0.2) is 42.6 Å². The SMILES string of the molecule is CN(C(=O)C1CC2(CCN2CCO)C1)[C@@H](c1ccc(NC2Cc3ccccc3C2(C)C)cn1)C(F)(F)F. The fourth-order valence-corrected chi connectivity index (χ4v) is 6.63. The monoisotopic (exact) mass is 516 g/mol. The van der Waals surface area contributed by atoms with E-state index in [1.54, 1.807) is 6.07 Å². The molecule has 200 valence electrons. The number of nitrogens with one attached hydrogen (secondary N) is 1. The van der Waals surface area contributed by atoms with Gasteiger partial charge in [-0.15, -0.1) is 0 Å². The Balaban J connectivity index is 1.27. The van der Waals surface area contributed by atoms with Crippen molar-refractivity contribution < 1.29 is 23.1 Å². The van der Waals surface area contributed by atoms with Crippen LogP contribution in [0.25, 0.3) is 0 Å². The molecule has 9 heteroatoms. The summed E-state index contributed by atoms with van der Waals surface area (Å²) >= 11 is 0. The molecule has 1 amide bonds. The van der Waals surface area contributed by atoms with Gasteiger partial charge in [0, 0.05) is 43.1 Å². The number of β-amino-alcohol motifs (C(OH)–C–C–N with tert-alkyl or cyclic N) is 1. The van der Waals surface area contributed by atoms with E-state index in [2.05, 4.69) is 41.2 Å². The van der Waals surface area contributed by atoms with Gasteiger partial charge in [-0.1, -0.05) is 38.1 Å². The van der Waals surface area contributed by atoms with Crippen molar-refractivity contribution in [3.63, 3.8) is 0 Å². The van der Waals surface area contributed by atoms with Crippen LogP contribution in [0.3, 0.4) is 0 Å². The van der Waals surface area contributed by atoms with Gasteiger partial charge in [0.25, 0.3) is 0 Å². The predicted molar refractivity (Wildman–Crippen MR) is 135 cm³/mol. The maximum atomic E-state index is 14.2. The number of carbonyl (C=O) groups is 1. The smallest absolute Gasteiger partial charge is 0.395 e. The summed E-state index contributed by atoms with van der Waals surface area (Å²) in [5.74, 6) is -0.943. The van der Waals surface area contributed by atoms with E-state index in [9.17, 15) is 23.1 Å². The molecule has 5 rings (SSSR count). The number of aliphatic hydroxyl groups excluding tert-OH is 1. The molecular formula is C28H35F3N4O2. The normalized spacial score (nSPS) is 27.2. The molecule has 2 heterocycles. The van der Waals surface area contributed by atoms with Crippen LogP contribution >= 0.6 is 0 Å². The van der Waals surface area contributed by atoms with Gasteiger partial charge in [-0.2, -0.15) is 13.2 Å². The van der Waals surface area contributed by atoms with Crippen LogP contribution in [0.4, 0.5) is 18.9 Å². The van der Waals surface area contributed by atoms with E-state index in [1.807, 2.05) is 12.1 Å². The highest BCUT2D eigenvalue weighted by Crippen LogP contribution is 2.51. The fourth-order valence-electron chi connectivity index (χ4n) is 6.63. The maximum absolute atomic E-state index is 14.2. The Morgan fingerprint density at radius 1 is 1.24 bits per heavy atom. The fraction of sp³-hybridized carbons (Fsp3) is 0.571. The third-order valence-electron chi connectivity index (χ3n) is 8.95. The highest BCUT2D eigenvalue weighted by molar-refractivity contribution is 5.80. The van der Waals surface area contributed by atoms with Gasteiger partial charge in [0.1, 0.15) is 0 Å². The molecule has 0 bridgehead atoms. The quantitative estimate of drug-likeness (QED) is 0.574. The van der Waals surface area contributed by atoms with Crippen molar-refractivity contribution in [2.75, 3.05) is 32.1 Å².